The average Bonchev–Trinajstić information content (AvgIpc) is 2.37. The second-order valence-corrected chi connectivity index (χ2v) is 4.50. The number of halogens is 1. The number of carboxylic acids is 1. The molecule has 0 saturated heterocycles. The number of carbonyl (C=O) groups is 2. The van der Waals surface area contributed by atoms with Crippen molar-refractivity contribution in [2.45, 2.75) is 13.0 Å². The number of carboxylic acid groups (broad SMARTS) is 1. The molecule has 0 fully saturated rings. The first-order valence-corrected chi connectivity index (χ1v) is 5.95. The lowest BCUT2D eigenvalue weighted by molar-refractivity contribution is -0.138. The molecule has 2 aromatic rings. The van der Waals surface area contributed by atoms with Gasteiger partial charge in [-0.15, -0.1) is 0 Å². The first-order valence-electron chi connectivity index (χ1n) is 5.57. The second kappa shape index (κ2) is 5.24. The van der Waals surface area contributed by atoms with Crippen LogP contribution in [-0.2, 0) is 4.79 Å². The summed E-state index contributed by atoms with van der Waals surface area (Å²) in [5.74, 6) is -1.63. The maximum Gasteiger partial charge on any atom is 0.325 e. The van der Waals surface area contributed by atoms with Crippen LogP contribution in [-0.4, -0.2) is 28.0 Å². The van der Waals surface area contributed by atoms with Crippen molar-refractivity contribution in [3.8, 4) is 0 Å². The number of hydrogen-bond donors (Lipinski definition) is 2. The number of carbonyl (C=O) groups excluding carboxylic acids is 1. The first-order chi connectivity index (χ1) is 8.97. The number of amides is 1. The van der Waals surface area contributed by atoms with Crippen LogP contribution in [0.1, 0.15) is 17.4 Å². The number of hydrogen-bond acceptors (Lipinski definition) is 3. The van der Waals surface area contributed by atoms with Crippen molar-refractivity contribution in [3.63, 3.8) is 0 Å². The fourth-order valence-corrected chi connectivity index (χ4v) is 1.72. The van der Waals surface area contributed by atoms with Crippen LogP contribution < -0.4 is 5.32 Å². The fourth-order valence-electron chi connectivity index (χ4n) is 1.55. The van der Waals surface area contributed by atoms with Gasteiger partial charge in [-0.3, -0.25) is 9.59 Å². The van der Waals surface area contributed by atoms with Crippen LogP contribution in [0.25, 0.3) is 10.9 Å². The molecule has 1 amide bonds. The number of aliphatic carboxylic acids is 1. The molecule has 5 nitrogen and oxygen atoms in total. The van der Waals surface area contributed by atoms with E-state index in [0.29, 0.717) is 10.5 Å². The molecule has 0 saturated carbocycles. The summed E-state index contributed by atoms with van der Waals surface area (Å²) in [7, 11) is 0. The SMILES string of the molecule is C[C@H](NC(=O)c1ccc2ccc(Cl)cc2n1)C(=O)O. The van der Waals surface area contributed by atoms with Crippen LogP contribution in [0.15, 0.2) is 30.3 Å². The maximum atomic E-state index is 11.8. The van der Waals surface area contributed by atoms with Crippen molar-refractivity contribution in [1.82, 2.24) is 10.3 Å². The van der Waals surface area contributed by atoms with Crippen LogP contribution in [0, 0.1) is 0 Å². The van der Waals surface area contributed by atoms with E-state index in [0.717, 1.165) is 5.39 Å². The van der Waals surface area contributed by atoms with Crippen molar-refractivity contribution < 1.29 is 14.7 Å². The Morgan fingerprint density at radius 3 is 2.68 bits per heavy atom. The van der Waals surface area contributed by atoms with Crippen LogP contribution in [0.5, 0.6) is 0 Å². The molecule has 0 spiro atoms. The summed E-state index contributed by atoms with van der Waals surface area (Å²) in [6, 6.07) is 7.49. The van der Waals surface area contributed by atoms with Crippen molar-refractivity contribution >= 4 is 34.4 Å². The van der Waals surface area contributed by atoms with E-state index in [2.05, 4.69) is 10.3 Å². The summed E-state index contributed by atoms with van der Waals surface area (Å²) in [4.78, 5) is 26.6. The number of nitrogens with zero attached hydrogens (tertiary/aromatic N) is 1. The smallest absolute Gasteiger partial charge is 0.325 e. The quantitative estimate of drug-likeness (QED) is 0.901. The number of rotatable bonds is 3. The highest BCUT2D eigenvalue weighted by Crippen LogP contribution is 2.17. The van der Waals surface area contributed by atoms with E-state index in [4.69, 9.17) is 16.7 Å². The highest BCUT2D eigenvalue weighted by Gasteiger charge is 2.16. The summed E-state index contributed by atoms with van der Waals surface area (Å²) in [6.45, 7) is 1.39. The molecule has 1 aromatic carbocycles. The molecule has 1 aromatic heterocycles. The van der Waals surface area contributed by atoms with E-state index < -0.39 is 17.9 Å². The minimum atomic E-state index is -1.10. The zero-order valence-corrected chi connectivity index (χ0v) is 10.8. The lowest BCUT2D eigenvalue weighted by Crippen LogP contribution is -2.38. The molecular formula is C13H11ClN2O3. The van der Waals surface area contributed by atoms with Gasteiger partial charge in [-0.05, 0) is 25.1 Å². The topological polar surface area (TPSA) is 79.3 Å². The summed E-state index contributed by atoms with van der Waals surface area (Å²) in [5, 5.41) is 12.5. The Balaban J connectivity index is 2.30. The zero-order chi connectivity index (χ0) is 14.0. The normalized spacial score (nSPS) is 12.1. The molecule has 2 N–H and O–H groups in total. The molecule has 0 unspecified atom stereocenters. The minimum Gasteiger partial charge on any atom is -0.480 e. The first kappa shape index (κ1) is 13.3. The largest absolute Gasteiger partial charge is 0.480 e. The van der Waals surface area contributed by atoms with Crippen LogP contribution in [0.2, 0.25) is 5.02 Å². The van der Waals surface area contributed by atoms with E-state index in [-0.39, 0.29) is 5.69 Å². The Labute approximate surface area is 114 Å². The molecule has 0 aliphatic heterocycles. The van der Waals surface area contributed by atoms with E-state index in [1.165, 1.54) is 6.92 Å². The number of aromatic nitrogens is 1. The highest BCUT2D eigenvalue weighted by atomic mass is 35.5. The van der Waals surface area contributed by atoms with E-state index in [1.54, 1.807) is 30.3 Å². The maximum absolute atomic E-state index is 11.8. The van der Waals surface area contributed by atoms with E-state index >= 15 is 0 Å². The Morgan fingerprint density at radius 1 is 1.32 bits per heavy atom. The third kappa shape index (κ3) is 3.00. The minimum absolute atomic E-state index is 0.155. The van der Waals surface area contributed by atoms with Crippen molar-refractivity contribution in [2.75, 3.05) is 0 Å². The Bertz CT molecular complexity index is 657. The number of benzene rings is 1. The molecule has 1 heterocycles. The van der Waals surface area contributed by atoms with Gasteiger partial charge >= 0.3 is 5.97 Å². The Hall–Kier alpha value is -2.14. The number of nitrogens with one attached hydrogen (secondary N) is 1. The molecule has 19 heavy (non-hydrogen) atoms. The Morgan fingerprint density at radius 2 is 2.00 bits per heavy atom. The zero-order valence-electron chi connectivity index (χ0n) is 10.1. The van der Waals surface area contributed by atoms with Gasteiger partial charge in [0.25, 0.3) is 5.91 Å². The van der Waals surface area contributed by atoms with Crippen molar-refractivity contribution in [1.29, 1.82) is 0 Å². The third-order valence-electron chi connectivity index (χ3n) is 2.60. The van der Waals surface area contributed by atoms with Gasteiger partial charge < -0.3 is 10.4 Å². The van der Waals surface area contributed by atoms with Crippen LogP contribution >= 0.6 is 11.6 Å². The molecule has 0 aliphatic rings. The lowest BCUT2D eigenvalue weighted by Gasteiger charge is -2.09. The van der Waals surface area contributed by atoms with Gasteiger partial charge in [0.15, 0.2) is 0 Å². The van der Waals surface area contributed by atoms with E-state index in [1.807, 2.05) is 0 Å². The molecule has 6 heteroatoms. The van der Waals surface area contributed by atoms with Gasteiger partial charge in [-0.1, -0.05) is 23.7 Å². The molecular weight excluding hydrogens is 268 g/mol. The van der Waals surface area contributed by atoms with Crippen LogP contribution in [0.4, 0.5) is 0 Å². The van der Waals surface area contributed by atoms with Crippen molar-refractivity contribution in [3.05, 3.63) is 41.0 Å². The predicted molar refractivity (Wildman–Crippen MR) is 71.3 cm³/mol. The summed E-state index contributed by atoms with van der Waals surface area (Å²) < 4.78 is 0. The average molecular weight is 279 g/mol. The van der Waals surface area contributed by atoms with Gasteiger partial charge in [0, 0.05) is 10.4 Å². The molecule has 0 radical (unpaired) electrons. The molecule has 0 bridgehead atoms. The van der Waals surface area contributed by atoms with Gasteiger partial charge in [-0.25, -0.2) is 4.98 Å². The number of pyridine rings is 1. The van der Waals surface area contributed by atoms with Gasteiger partial charge in [0.05, 0.1) is 5.52 Å². The Kier molecular flexibility index (Phi) is 3.66. The molecule has 2 rings (SSSR count). The summed E-state index contributed by atoms with van der Waals surface area (Å²) in [6.07, 6.45) is 0. The van der Waals surface area contributed by atoms with Gasteiger partial charge in [-0.2, -0.15) is 0 Å². The highest BCUT2D eigenvalue weighted by molar-refractivity contribution is 6.31. The molecule has 98 valence electrons. The van der Waals surface area contributed by atoms with Gasteiger partial charge in [0.1, 0.15) is 11.7 Å². The summed E-state index contributed by atoms with van der Waals surface area (Å²) >= 11 is 5.86. The number of fused-ring (bicyclic) bond motifs is 1. The lowest BCUT2D eigenvalue weighted by atomic mass is 10.2. The van der Waals surface area contributed by atoms with Crippen LogP contribution in [0.3, 0.4) is 0 Å². The second-order valence-electron chi connectivity index (χ2n) is 4.07. The summed E-state index contributed by atoms with van der Waals surface area (Å²) in [5.41, 5.74) is 0.742. The monoisotopic (exact) mass is 278 g/mol. The van der Waals surface area contributed by atoms with Crippen molar-refractivity contribution in [2.24, 2.45) is 0 Å². The third-order valence-corrected chi connectivity index (χ3v) is 2.84. The van der Waals surface area contributed by atoms with E-state index in [9.17, 15) is 9.59 Å². The van der Waals surface area contributed by atoms with Gasteiger partial charge in [0.2, 0.25) is 0 Å². The predicted octanol–water partition coefficient (Wildman–Crippen LogP) is 2.09. The standard InChI is InChI=1S/C13H11ClN2O3/c1-7(13(18)19)15-12(17)10-5-3-8-2-4-9(14)6-11(8)16-10/h2-7H,1H3,(H,15,17)(H,18,19)/t7-/m0/s1. The fraction of sp³-hybridized carbons (Fsp3) is 0.154. The molecule has 1 atom stereocenters. The molecule has 0 aliphatic carbocycles.